The smallest absolute Gasteiger partial charge is 0.240 e. The largest absolute Gasteiger partial charge is 0.367 e. The van der Waals surface area contributed by atoms with Gasteiger partial charge in [0, 0.05) is 18.9 Å². The average molecular weight is 311 g/mol. The van der Waals surface area contributed by atoms with Crippen molar-refractivity contribution in [1.82, 2.24) is 14.3 Å². The Morgan fingerprint density at radius 1 is 1.38 bits per heavy atom. The number of halogens is 1. The second-order valence-electron chi connectivity index (χ2n) is 4.73. The predicted octanol–water partition coefficient (Wildman–Crippen LogP) is 0.900. The summed E-state index contributed by atoms with van der Waals surface area (Å²) in [6.07, 6.45) is 3.25. The quantitative estimate of drug-likeness (QED) is 0.910. The topological polar surface area (TPSA) is 73.2 Å². The predicted molar refractivity (Wildman–Crippen MR) is 72.4 cm³/mol. The molecule has 1 aliphatic heterocycles. The van der Waals surface area contributed by atoms with Crippen LogP contribution >= 0.6 is 0 Å². The van der Waals surface area contributed by atoms with E-state index < -0.39 is 15.8 Å². The second kappa shape index (κ2) is 5.55. The van der Waals surface area contributed by atoms with Gasteiger partial charge in [-0.3, -0.25) is 0 Å². The van der Waals surface area contributed by atoms with E-state index in [-0.39, 0.29) is 17.5 Å². The van der Waals surface area contributed by atoms with Gasteiger partial charge in [-0.15, -0.1) is 0 Å². The van der Waals surface area contributed by atoms with E-state index >= 15 is 0 Å². The van der Waals surface area contributed by atoms with Crippen LogP contribution in [0.25, 0.3) is 0 Å². The number of hydrogen-bond acceptors (Lipinski definition) is 4. The molecule has 2 heterocycles. The van der Waals surface area contributed by atoms with Crippen LogP contribution in [0.5, 0.6) is 0 Å². The summed E-state index contributed by atoms with van der Waals surface area (Å²) in [7, 11) is -3.66. The van der Waals surface area contributed by atoms with Gasteiger partial charge in [-0.1, -0.05) is 0 Å². The molecule has 8 heteroatoms. The highest BCUT2D eigenvalue weighted by Gasteiger charge is 2.22. The first-order valence-electron chi connectivity index (χ1n) is 6.41. The fourth-order valence-electron chi connectivity index (χ4n) is 2.13. The summed E-state index contributed by atoms with van der Waals surface area (Å²) in [5.74, 6) is 0.352. The molecule has 1 unspecified atom stereocenters. The standard InChI is InChI=1S/C13H14FN3O3S/c14-10-1-3-12(4-2-10)21(18,19)16-7-11-8-17-6-5-15-13(17)9-20-11/h1-6,11,16H,7-9H2. The van der Waals surface area contributed by atoms with E-state index in [4.69, 9.17) is 4.74 Å². The Morgan fingerprint density at radius 2 is 2.14 bits per heavy atom. The van der Waals surface area contributed by atoms with Crippen LogP contribution in [-0.2, 0) is 27.9 Å². The van der Waals surface area contributed by atoms with Crippen molar-refractivity contribution in [3.05, 3.63) is 48.3 Å². The molecule has 1 N–H and O–H groups in total. The van der Waals surface area contributed by atoms with Crippen molar-refractivity contribution in [2.24, 2.45) is 0 Å². The van der Waals surface area contributed by atoms with Crippen molar-refractivity contribution in [1.29, 1.82) is 0 Å². The molecular weight excluding hydrogens is 297 g/mol. The summed E-state index contributed by atoms with van der Waals surface area (Å²) in [6, 6.07) is 4.69. The number of hydrogen-bond donors (Lipinski definition) is 1. The molecule has 0 amide bonds. The summed E-state index contributed by atoms with van der Waals surface area (Å²) in [5.41, 5.74) is 0. The third-order valence-corrected chi connectivity index (χ3v) is 4.71. The minimum Gasteiger partial charge on any atom is -0.367 e. The zero-order valence-corrected chi connectivity index (χ0v) is 11.9. The van der Waals surface area contributed by atoms with Gasteiger partial charge in [-0.2, -0.15) is 0 Å². The van der Waals surface area contributed by atoms with Gasteiger partial charge in [0.1, 0.15) is 18.2 Å². The first-order valence-corrected chi connectivity index (χ1v) is 7.90. The summed E-state index contributed by atoms with van der Waals surface area (Å²) < 4.78 is 46.9. The monoisotopic (exact) mass is 311 g/mol. The Bertz CT molecular complexity index is 727. The Hall–Kier alpha value is -1.77. The normalized spacial score (nSPS) is 18.4. The van der Waals surface area contributed by atoms with Crippen LogP contribution in [-0.4, -0.2) is 30.6 Å². The van der Waals surface area contributed by atoms with Crippen LogP contribution in [0.4, 0.5) is 4.39 Å². The molecule has 0 spiro atoms. The van der Waals surface area contributed by atoms with Crippen molar-refractivity contribution < 1.29 is 17.5 Å². The Kier molecular flexibility index (Phi) is 3.75. The lowest BCUT2D eigenvalue weighted by atomic mass is 10.3. The van der Waals surface area contributed by atoms with Gasteiger partial charge in [0.15, 0.2) is 0 Å². The molecule has 0 radical (unpaired) electrons. The van der Waals surface area contributed by atoms with E-state index in [9.17, 15) is 12.8 Å². The minimum atomic E-state index is -3.66. The highest BCUT2D eigenvalue weighted by molar-refractivity contribution is 7.89. The Labute approximate surface area is 121 Å². The molecule has 1 aromatic heterocycles. The molecule has 0 fully saturated rings. The lowest BCUT2D eigenvalue weighted by molar-refractivity contribution is 0.00586. The third kappa shape index (κ3) is 3.12. The molecule has 1 aliphatic rings. The van der Waals surface area contributed by atoms with Gasteiger partial charge in [0.2, 0.25) is 10.0 Å². The highest BCUT2D eigenvalue weighted by atomic mass is 32.2. The average Bonchev–Trinajstić information content (AvgIpc) is 2.93. The van der Waals surface area contributed by atoms with Crippen molar-refractivity contribution in [2.75, 3.05) is 6.54 Å². The van der Waals surface area contributed by atoms with E-state index in [2.05, 4.69) is 9.71 Å². The van der Waals surface area contributed by atoms with Gasteiger partial charge in [-0.25, -0.2) is 22.5 Å². The van der Waals surface area contributed by atoms with E-state index in [1.807, 2.05) is 10.8 Å². The number of aromatic nitrogens is 2. The maximum Gasteiger partial charge on any atom is 0.240 e. The number of imidazole rings is 1. The number of benzene rings is 1. The summed E-state index contributed by atoms with van der Waals surface area (Å²) in [6.45, 7) is 1.05. The zero-order valence-electron chi connectivity index (χ0n) is 11.1. The third-order valence-electron chi connectivity index (χ3n) is 3.28. The molecule has 6 nitrogen and oxygen atoms in total. The van der Waals surface area contributed by atoms with Gasteiger partial charge in [-0.05, 0) is 24.3 Å². The fraction of sp³-hybridized carbons (Fsp3) is 0.308. The molecule has 2 aromatic rings. The molecule has 1 atom stereocenters. The maximum atomic E-state index is 12.8. The van der Waals surface area contributed by atoms with Crippen LogP contribution in [0.2, 0.25) is 0 Å². The molecule has 0 bridgehead atoms. The highest BCUT2D eigenvalue weighted by Crippen LogP contribution is 2.13. The molecule has 0 aliphatic carbocycles. The minimum absolute atomic E-state index is 0.0306. The summed E-state index contributed by atoms with van der Waals surface area (Å²) in [5, 5.41) is 0. The number of nitrogens with zero attached hydrogens (tertiary/aromatic N) is 2. The molecule has 0 saturated carbocycles. The van der Waals surface area contributed by atoms with Crippen LogP contribution < -0.4 is 4.72 Å². The number of rotatable bonds is 4. The lowest BCUT2D eigenvalue weighted by Gasteiger charge is -2.24. The van der Waals surface area contributed by atoms with E-state index in [1.165, 1.54) is 12.1 Å². The lowest BCUT2D eigenvalue weighted by Crippen LogP contribution is -2.38. The first-order chi connectivity index (χ1) is 10.0. The maximum absolute atomic E-state index is 12.8. The first kappa shape index (κ1) is 14.2. The van der Waals surface area contributed by atoms with Gasteiger partial charge in [0.25, 0.3) is 0 Å². The molecule has 1 aromatic carbocycles. The van der Waals surface area contributed by atoms with Gasteiger partial charge < -0.3 is 9.30 Å². The molecular formula is C13H14FN3O3S. The van der Waals surface area contributed by atoms with Crippen LogP contribution in [0.15, 0.2) is 41.6 Å². The van der Waals surface area contributed by atoms with Crippen LogP contribution in [0.3, 0.4) is 0 Å². The SMILES string of the molecule is O=S(=O)(NCC1Cn2ccnc2CO1)c1ccc(F)cc1. The number of fused-ring (bicyclic) bond motifs is 1. The number of nitrogens with one attached hydrogen (secondary N) is 1. The van der Waals surface area contributed by atoms with Crippen molar-refractivity contribution in [2.45, 2.75) is 24.2 Å². The number of ether oxygens (including phenoxy) is 1. The number of sulfonamides is 1. The Morgan fingerprint density at radius 3 is 2.90 bits per heavy atom. The summed E-state index contributed by atoms with van der Waals surface area (Å²) >= 11 is 0. The van der Waals surface area contributed by atoms with Crippen LogP contribution in [0, 0.1) is 5.82 Å². The van der Waals surface area contributed by atoms with Crippen molar-refractivity contribution >= 4 is 10.0 Å². The molecule has 0 saturated heterocycles. The van der Waals surface area contributed by atoms with E-state index in [1.54, 1.807) is 6.20 Å². The Balaban J connectivity index is 1.64. The second-order valence-corrected chi connectivity index (χ2v) is 6.50. The molecule has 3 rings (SSSR count). The van der Waals surface area contributed by atoms with Crippen LogP contribution in [0.1, 0.15) is 5.82 Å². The zero-order chi connectivity index (χ0) is 14.9. The fourth-order valence-corrected chi connectivity index (χ4v) is 3.20. The van der Waals surface area contributed by atoms with Crippen molar-refractivity contribution in [3.63, 3.8) is 0 Å². The van der Waals surface area contributed by atoms with Gasteiger partial charge in [0.05, 0.1) is 17.5 Å². The van der Waals surface area contributed by atoms with Crippen molar-refractivity contribution in [3.8, 4) is 0 Å². The van der Waals surface area contributed by atoms with Gasteiger partial charge >= 0.3 is 0 Å². The van der Waals surface area contributed by atoms with E-state index in [0.29, 0.717) is 13.2 Å². The molecule has 112 valence electrons. The van der Waals surface area contributed by atoms with E-state index in [0.717, 1.165) is 18.0 Å². The summed E-state index contributed by atoms with van der Waals surface area (Å²) in [4.78, 5) is 4.15. The molecule has 21 heavy (non-hydrogen) atoms.